The van der Waals surface area contributed by atoms with Crippen LogP contribution in [0.25, 0.3) is 0 Å². The molecule has 0 saturated carbocycles. The molecule has 1 N–H and O–H groups in total. The van der Waals surface area contributed by atoms with E-state index in [1.165, 1.54) is 30.3 Å². The molecule has 0 aliphatic rings. The molecule has 0 bridgehead atoms. The maximum atomic E-state index is 12.3. The van der Waals surface area contributed by atoms with Crippen molar-refractivity contribution in [2.75, 3.05) is 19.4 Å². The third-order valence-electron chi connectivity index (χ3n) is 3.69. The lowest BCUT2D eigenvalue weighted by molar-refractivity contribution is -0.274. The Bertz CT molecular complexity index is 992. The molecular weight excluding hydrogens is 425 g/mol. The summed E-state index contributed by atoms with van der Waals surface area (Å²) in [5.74, 6) is -1.09. The first kappa shape index (κ1) is 22.0. The highest BCUT2D eigenvalue weighted by atomic mass is 35.5. The van der Waals surface area contributed by atoms with E-state index in [1.807, 2.05) is 0 Å². The number of quaternary nitrogens is 1. The Kier molecular flexibility index (Phi) is 5.95. The molecular formula is C16H14ClF3N2O5S. The van der Waals surface area contributed by atoms with Crippen LogP contribution in [0.15, 0.2) is 42.5 Å². The molecule has 7 nitrogen and oxygen atoms in total. The first-order valence-corrected chi connectivity index (χ1v) is 9.22. The van der Waals surface area contributed by atoms with Gasteiger partial charge in [-0.05, 0) is 36.4 Å². The summed E-state index contributed by atoms with van der Waals surface area (Å²) in [6.07, 6.45) is -4.83. The second kappa shape index (κ2) is 7.59. The van der Waals surface area contributed by atoms with Gasteiger partial charge in [-0.15, -0.1) is 13.2 Å². The predicted octanol–water partition coefficient (Wildman–Crippen LogP) is 3.52. The predicted molar refractivity (Wildman–Crippen MR) is 95.9 cm³/mol. The van der Waals surface area contributed by atoms with Gasteiger partial charge in [0.05, 0.1) is 14.1 Å². The number of carbonyl (C=O) groups excluding carboxylic acids is 1. The van der Waals surface area contributed by atoms with Crippen LogP contribution in [0.4, 0.5) is 24.5 Å². The van der Waals surface area contributed by atoms with Gasteiger partial charge in [0.25, 0.3) is 16.2 Å². The summed E-state index contributed by atoms with van der Waals surface area (Å²) in [7, 11) is -2.50. The van der Waals surface area contributed by atoms with E-state index in [4.69, 9.17) is 11.6 Å². The molecule has 152 valence electrons. The molecule has 28 heavy (non-hydrogen) atoms. The monoisotopic (exact) mass is 438 g/mol. The molecule has 1 amide bonds. The highest BCUT2D eigenvalue weighted by Crippen LogP contribution is 2.32. The summed E-state index contributed by atoms with van der Waals surface area (Å²) in [4.78, 5) is 12.3. The van der Waals surface area contributed by atoms with Gasteiger partial charge in [0.1, 0.15) is 10.8 Å². The molecule has 0 aliphatic carbocycles. The number of nitrogens with zero attached hydrogens (tertiary/aromatic N) is 1. The Balaban J connectivity index is 2.18. The topological polar surface area (TPSA) is 95.5 Å². The van der Waals surface area contributed by atoms with Gasteiger partial charge in [0.2, 0.25) is 0 Å². The number of rotatable bonds is 5. The van der Waals surface area contributed by atoms with Crippen molar-refractivity contribution in [3.63, 3.8) is 0 Å². The minimum Gasteiger partial charge on any atom is -0.701 e. The summed E-state index contributed by atoms with van der Waals surface area (Å²) in [6.45, 7) is 0. The highest BCUT2D eigenvalue weighted by Gasteiger charge is 2.31. The number of benzene rings is 2. The lowest BCUT2D eigenvalue weighted by atomic mass is 10.1. The van der Waals surface area contributed by atoms with E-state index in [1.54, 1.807) is 0 Å². The van der Waals surface area contributed by atoms with Gasteiger partial charge in [0.15, 0.2) is 5.69 Å². The highest BCUT2D eigenvalue weighted by molar-refractivity contribution is 7.85. The van der Waals surface area contributed by atoms with E-state index in [-0.39, 0.29) is 22.0 Å². The number of hydrogen-bond donors (Lipinski definition) is 1. The number of amides is 1. The average molecular weight is 439 g/mol. The SMILES string of the molecule is C[N+](C)(c1ccc(C(=O)Nc2ccc(OC(F)(F)F)cc2)cc1Cl)S(=O)(=O)[O-]. The number of halogens is 4. The zero-order valence-corrected chi connectivity index (χ0v) is 16.0. The standard InChI is InChI=1S/C16H14ClF3N2O5S/c1-22(2,28(24,25)26)14-8-3-10(9-13(14)17)15(23)21-11-4-6-12(7-5-11)27-16(18,19)20/h3-9H,1-2H3,(H-,21,23,24,25,26). The van der Waals surface area contributed by atoms with Crippen LogP contribution < -0.4 is 13.9 Å². The van der Waals surface area contributed by atoms with Gasteiger partial charge in [-0.25, -0.2) is 0 Å². The maximum Gasteiger partial charge on any atom is 0.573 e. The van der Waals surface area contributed by atoms with E-state index in [0.717, 1.165) is 26.2 Å². The number of alkyl halides is 3. The number of carbonyl (C=O) groups is 1. The first-order valence-electron chi connectivity index (χ1n) is 7.48. The molecule has 2 aromatic rings. The third kappa shape index (κ3) is 5.13. The van der Waals surface area contributed by atoms with Crippen molar-refractivity contribution in [3.05, 3.63) is 53.1 Å². The van der Waals surface area contributed by atoms with Crippen molar-refractivity contribution in [3.8, 4) is 5.75 Å². The number of anilines is 1. The fraction of sp³-hybridized carbons (Fsp3) is 0.188. The molecule has 0 spiro atoms. The molecule has 0 aromatic heterocycles. The van der Waals surface area contributed by atoms with Crippen LogP contribution in [0.3, 0.4) is 0 Å². The van der Waals surface area contributed by atoms with Gasteiger partial charge >= 0.3 is 6.36 Å². The van der Waals surface area contributed by atoms with Crippen LogP contribution in [-0.2, 0) is 10.3 Å². The minimum absolute atomic E-state index is 0.0260. The Morgan fingerprint density at radius 3 is 2.18 bits per heavy atom. The molecule has 2 aromatic carbocycles. The smallest absolute Gasteiger partial charge is 0.573 e. The summed E-state index contributed by atoms with van der Waals surface area (Å²) in [5.41, 5.74) is 0.215. The van der Waals surface area contributed by atoms with E-state index in [0.29, 0.717) is 0 Å². The Morgan fingerprint density at radius 1 is 1.14 bits per heavy atom. The number of nitrogens with one attached hydrogen (secondary N) is 1. The molecule has 2 rings (SSSR count). The van der Waals surface area contributed by atoms with Crippen LogP contribution in [0.2, 0.25) is 5.02 Å². The van der Waals surface area contributed by atoms with Gasteiger partial charge in [-0.3, -0.25) is 4.79 Å². The average Bonchev–Trinajstić information content (AvgIpc) is 2.54. The molecule has 12 heteroatoms. The summed E-state index contributed by atoms with van der Waals surface area (Å²) in [5, 5.41) is 2.33. The zero-order valence-electron chi connectivity index (χ0n) is 14.5. The van der Waals surface area contributed by atoms with Gasteiger partial charge in [-0.2, -0.15) is 12.3 Å². The largest absolute Gasteiger partial charge is 0.701 e. The lowest BCUT2D eigenvalue weighted by Gasteiger charge is -2.31. The quantitative estimate of drug-likeness (QED) is 0.569. The van der Waals surface area contributed by atoms with Crippen LogP contribution in [0.1, 0.15) is 10.4 Å². The van der Waals surface area contributed by atoms with Crippen LogP contribution in [-0.4, -0.2) is 39.3 Å². The van der Waals surface area contributed by atoms with E-state index in [2.05, 4.69) is 10.1 Å². The molecule has 0 fully saturated rings. The summed E-state index contributed by atoms with van der Waals surface area (Å²) < 4.78 is 73.2. The van der Waals surface area contributed by atoms with Crippen molar-refractivity contribution >= 4 is 39.2 Å². The van der Waals surface area contributed by atoms with Crippen LogP contribution in [0, 0.1) is 0 Å². The summed E-state index contributed by atoms with van der Waals surface area (Å²) in [6, 6.07) is 8.14. The normalized spacial score (nSPS) is 12.5. The van der Waals surface area contributed by atoms with Crippen LogP contribution in [0.5, 0.6) is 5.75 Å². The number of ether oxygens (including phenoxy) is 1. The van der Waals surface area contributed by atoms with Crippen molar-refractivity contribution < 1.29 is 35.7 Å². The first-order chi connectivity index (χ1) is 12.7. The molecule has 0 radical (unpaired) electrons. The zero-order chi connectivity index (χ0) is 21.3. The van der Waals surface area contributed by atoms with Crippen molar-refractivity contribution in [2.24, 2.45) is 0 Å². The third-order valence-corrected chi connectivity index (χ3v) is 5.31. The van der Waals surface area contributed by atoms with Crippen molar-refractivity contribution in [2.45, 2.75) is 6.36 Å². The van der Waals surface area contributed by atoms with E-state index in [9.17, 15) is 30.9 Å². The molecule has 0 atom stereocenters. The lowest BCUT2D eigenvalue weighted by Crippen LogP contribution is -2.46. The Hall–Kier alpha value is -2.34. The van der Waals surface area contributed by atoms with Gasteiger partial charge in [0, 0.05) is 17.3 Å². The Labute approximate surface area is 163 Å². The minimum atomic E-state index is -4.83. The van der Waals surface area contributed by atoms with E-state index >= 15 is 0 Å². The van der Waals surface area contributed by atoms with Gasteiger partial charge < -0.3 is 14.6 Å². The molecule has 0 aliphatic heterocycles. The number of hydrogen-bond acceptors (Lipinski definition) is 5. The van der Waals surface area contributed by atoms with Crippen molar-refractivity contribution in [1.82, 2.24) is 3.89 Å². The van der Waals surface area contributed by atoms with E-state index < -0.39 is 32.2 Å². The van der Waals surface area contributed by atoms with Crippen molar-refractivity contribution in [1.29, 1.82) is 0 Å². The fourth-order valence-electron chi connectivity index (χ4n) is 2.15. The molecule has 0 saturated heterocycles. The van der Waals surface area contributed by atoms with Crippen LogP contribution >= 0.6 is 11.6 Å². The Morgan fingerprint density at radius 2 is 1.71 bits per heavy atom. The molecule has 0 heterocycles. The second-order valence-electron chi connectivity index (χ2n) is 5.97. The second-order valence-corrected chi connectivity index (χ2v) is 8.15. The summed E-state index contributed by atoms with van der Waals surface area (Å²) >= 11 is 6.03. The maximum absolute atomic E-state index is 12.3. The fourth-order valence-corrected chi connectivity index (χ4v) is 2.99. The molecule has 0 unspecified atom stereocenters. The van der Waals surface area contributed by atoms with Gasteiger partial charge in [-0.1, -0.05) is 11.6 Å².